The lowest BCUT2D eigenvalue weighted by Crippen LogP contribution is -2.56. The summed E-state index contributed by atoms with van der Waals surface area (Å²) in [6.45, 7) is 6.04. The summed E-state index contributed by atoms with van der Waals surface area (Å²) in [4.78, 5) is 26.7. The average molecular weight is 620 g/mol. The summed E-state index contributed by atoms with van der Waals surface area (Å²) >= 11 is 0. The van der Waals surface area contributed by atoms with Crippen LogP contribution in [0, 0.1) is 11.3 Å². The van der Waals surface area contributed by atoms with Crippen molar-refractivity contribution in [3.63, 3.8) is 0 Å². The molecule has 3 fully saturated rings. The number of anilines is 3. The molecule has 0 radical (unpaired) electrons. The molecule has 0 aliphatic carbocycles. The zero-order valence-electron chi connectivity index (χ0n) is 24.9. The van der Waals surface area contributed by atoms with E-state index in [0.717, 1.165) is 55.7 Å². The largest absolute Gasteiger partial charge is 0.483 e. The molecule has 3 aromatic rings. The third-order valence-corrected chi connectivity index (χ3v) is 8.46. The molecule has 0 spiro atoms. The molecule has 1 amide bonds. The second-order valence-electron chi connectivity index (χ2n) is 11.6. The van der Waals surface area contributed by atoms with Gasteiger partial charge >= 0.3 is 5.92 Å². The van der Waals surface area contributed by atoms with E-state index in [1.807, 2.05) is 18.2 Å². The van der Waals surface area contributed by atoms with E-state index in [4.69, 9.17) is 9.47 Å². The van der Waals surface area contributed by atoms with Gasteiger partial charge in [-0.2, -0.15) is 5.26 Å². The first-order chi connectivity index (χ1) is 21.7. The summed E-state index contributed by atoms with van der Waals surface area (Å²) in [5, 5.41) is 22.5. The number of ether oxygens (including phenoxy) is 2. The van der Waals surface area contributed by atoms with E-state index >= 15 is 0 Å². The van der Waals surface area contributed by atoms with Crippen LogP contribution in [0.25, 0.3) is 11.3 Å². The number of carbonyl (C=O) groups excluding carboxylic acids is 1. The van der Waals surface area contributed by atoms with Gasteiger partial charge in [0.15, 0.2) is 6.10 Å². The molecule has 11 nitrogen and oxygen atoms in total. The van der Waals surface area contributed by atoms with Gasteiger partial charge in [0.2, 0.25) is 5.95 Å². The minimum Gasteiger partial charge on any atom is -0.483 e. The predicted octanol–water partition coefficient (Wildman–Crippen LogP) is 3.28. The Morgan fingerprint density at radius 1 is 1.13 bits per heavy atom. The summed E-state index contributed by atoms with van der Waals surface area (Å²) in [6, 6.07) is 17.1. The summed E-state index contributed by atoms with van der Waals surface area (Å²) in [5.41, 5.74) is 3.19. The standard InChI is InChI=1S/C32H35F2N7O4/c1-21(42)30(43)41-11-9-29(32(33,34)20-41)45-28-7-2-22(16-23(28)17-35)27-8-10-36-31(38-27)37-24-3-5-25(6-4-24)39-12-14-40(15-13-39)26-18-44-19-26/h2-8,10,16,21,26,29,42H,9,11-15,18-20H2,1H3,(H,36,37,38)/t21-,29-/m1/s1. The number of amides is 1. The maximum atomic E-state index is 14.9. The van der Waals surface area contributed by atoms with Crippen LogP contribution in [0.1, 0.15) is 18.9 Å². The van der Waals surface area contributed by atoms with Crippen LogP contribution in [0.2, 0.25) is 0 Å². The Bertz CT molecular complexity index is 1550. The van der Waals surface area contributed by atoms with Crippen LogP contribution in [-0.4, -0.2) is 107 Å². The monoisotopic (exact) mass is 619 g/mol. The van der Waals surface area contributed by atoms with Crippen LogP contribution in [0.3, 0.4) is 0 Å². The number of piperidine rings is 1. The number of nitriles is 1. The smallest absolute Gasteiger partial charge is 0.301 e. The number of nitrogens with one attached hydrogen (secondary N) is 1. The van der Waals surface area contributed by atoms with Gasteiger partial charge in [0.25, 0.3) is 5.91 Å². The number of piperazine rings is 1. The van der Waals surface area contributed by atoms with E-state index < -0.39 is 30.6 Å². The molecule has 2 N–H and O–H groups in total. The Balaban J connectivity index is 1.09. The molecular weight excluding hydrogens is 584 g/mol. The van der Waals surface area contributed by atoms with E-state index in [1.54, 1.807) is 18.3 Å². The van der Waals surface area contributed by atoms with Gasteiger partial charge in [0.05, 0.1) is 37.1 Å². The highest BCUT2D eigenvalue weighted by molar-refractivity contribution is 5.80. The zero-order valence-corrected chi connectivity index (χ0v) is 24.9. The quantitative estimate of drug-likeness (QED) is 0.388. The van der Waals surface area contributed by atoms with Gasteiger partial charge in [0, 0.05) is 62.3 Å². The topological polar surface area (TPSA) is 127 Å². The number of carbonyl (C=O) groups is 1. The SMILES string of the molecule is C[C@@H](O)C(=O)N1CC[C@@H](Oc2ccc(-c3ccnc(Nc4ccc(N5CCN(C6COC6)CC5)cc4)n3)cc2C#N)C(F)(F)C1. The summed E-state index contributed by atoms with van der Waals surface area (Å²) in [6.07, 6.45) is -1.43. The van der Waals surface area contributed by atoms with Crippen LogP contribution in [0.5, 0.6) is 5.75 Å². The second kappa shape index (κ2) is 12.9. The third kappa shape index (κ3) is 6.83. The molecular formula is C32H35F2N7O4. The van der Waals surface area contributed by atoms with Crippen molar-refractivity contribution in [2.75, 3.05) is 62.7 Å². The summed E-state index contributed by atoms with van der Waals surface area (Å²) in [5.74, 6) is -3.73. The summed E-state index contributed by atoms with van der Waals surface area (Å²) < 4.78 is 40.7. The molecule has 4 heterocycles. The molecule has 0 unspecified atom stereocenters. The number of nitrogens with zero attached hydrogens (tertiary/aromatic N) is 6. The first-order valence-corrected chi connectivity index (χ1v) is 15.0. The van der Waals surface area contributed by atoms with E-state index in [9.17, 15) is 23.9 Å². The minimum atomic E-state index is -3.36. The van der Waals surface area contributed by atoms with E-state index in [2.05, 4.69) is 37.2 Å². The van der Waals surface area contributed by atoms with Gasteiger partial charge in [-0.3, -0.25) is 9.69 Å². The number of hydrogen-bond donors (Lipinski definition) is 2. The third-order valence-electron chi connectivity index (χ3n) is 8.46. The van der Waals surface area contributed by atoms with E-state index in [0.29, 0.717) is 23.2 Å². The minimum absolute atomic E-state index is 0.0109. The number of aliphatic hydroxyl groups is 1. The van der Waals surface area contributed by atoms with Crippen LogP contribution in [0.15, 0.2) is 54.7 Å². The van der Waals surface area contributed by atoms with Crippen molar-refractivity contribution >= 4 is 23.2 Å². The average Bonchev–Trinajstić information content (AvgIpc) is 3.01. The highest BCUT2D eigenvalue weighted by Gasteiger charge is 2.48. The number of alkyl halides is 2. The number of hydrogen-bond acceptors (Lipinski definition) is 10. The summed E-state index contributed by atoms with van der Waals surface area (Å²) in [7, 11) is 0. The molecule has 6 rings (SSSR count). The molecule has 236 valence electrons. The number of benzene rings is 2. The van der Waals surface area contributed by atoms with Crippen molar-refractivity contribution in [3.05, 3.63) is 60.3 Å². The second-order valence-corrected chi connectivity index (χ2v) is 11.6. The molecule has 0 bridgehead atoms. The number of aliphatic hydroxyl groups excluding tert-OH is 1. The predicted molar refractivity (Wildman–Crippen MR) is 163 cm³/mol. The molecule has 1 aromatic heterocycles. The van der Waals surface area contributed by atoms with Crippen molar-refractivity contribution in [1.29, 1.82) is 5.26 Å². The first kappa shape index (κ1) is 30.6. The Kier molecular flexibility index (Phi) is 8.80. The van der Waals surface area contributed by atoms with Crippen LogP contribution < -0.4 is 15.0 Å². The van der Waals surface area contributed by atoms with Crippen LogP contribution in [0.4, 0.5) is 26.1 Å². The number of rotatable bonds is 8. The molecule has 0 saturated carbocycles. The first-order valence-electron chi connectivity index (χ1n) is 15.0. The Morgan fingerprint density at radius 3 is 2.53 bits per heavy atom. The normalized spacial score (nSPS) is 21.0. The van der Waals surface area contributed by atoms with Crippen molar-refractivity contribution in [3.8, 4) is 23.1 Å². The molecule has 2 atom stereocenters. The number of likely N-dealkylation sites (tertiary alicyclic amines) is 1. The van der Waals surface area contributed by atoms with Crippen molar-refractivity contribution in [1.82, 2.24) is 19.8 Å². The van der Waals surface area contributed by atoms with Crippen molar-refractivity contribution in [2.24, 2.45) is 0 Å². The number of halogens is 2. The van der Waals surface area contributed by atoms with Gasteiger partial charge < -0.3 is 29.7 Å². The van der Waals surface area contributed by atoms with Gasteiger partial charge in [-0.25, -0.2) is 18.7 Å². The lowest BCUT2D eigenvalue weighted by molar-refractivity contribution is -0.165. The molecule has 45 heavy (non-hydrogen) atoms. The Morgan fingerprint density at radius 2 is 1.89 bits per heavy atom. The van der Waals surface area contributed by atoms with E-state index in [-0.39, 0.29) is 24.3 Å². The van der Waals surface area contributed by atoms with Crippen molar-refractivity contribution in [2.45, 2.75) is 37.5 Å². The zero-order chi connectivity index (χ0) is 31.6. The molecule has 3 aliphatic heterocycles. The van der Waals surface area contributed by atoms with Crippen molar-refractivity contribution < 1.29 is 28.2 Å². The fraction of sp³-hybridized carbons (Fsp3) is 0.438. The molecule has 3 saturated heterocycles. The fourth-order valence-electron chi connectivity index (χ4n) is 5.79. The molecule has 13 heteroatoms. The Hall–Kier alpha value is -4.38. The highest BCUT2D eigenvalue weighted by Crippen LogP contribution is 2.34. The van der Waals surface area contributed by atoms with Crippen LogP contribution >= 0.6 is 0 Å². The van der Waals surface area contributed by atoms with Gasteiger partial charge in [0.1, 0.15) is 17.9 Å². The molecule has 3 aliphatic rings. The molecule has 2 aromatic carbocycles. The maximum Gasteiger partial charge on any atom is 0.301 e. The lowest BCUT2D eigenvalue weighted by Gasteiger charge is -2.43. The Labute approximate surface area is 260 Å². The van der Waals surface area contributed by atoms with E-state index in [1.165, 1.54) is 19.1 Å². The fourth-order valence-corrected chi connectivity index (χ4v) is 5.79. The highest BCUT2D eigenvalue weighted by atomic mass is 19.3. The maximum absolute atomic E-state index is 14.9. The number of aromatic nitrogens is 2. The van der Waals surface area contributed by atoms with Gasteiger partial charge in [-0.1, -0.05) is 0 Å². The van der Waals surface area contributed by atoms with Gasteiger partial charge in [-0.05, 0) is 55.5 Å². The lowest BCUT2D eigenvalue weighted by atomic mass is 10.0. The van der Waals surface area contributed by atoms with Crippen LogP contribution in [-0.2, 0) is 9.53 Å². The van der Waals surface area contributed by atoms with Gasteiger partial charge in [-0.15, -0.1) is 0 Å².